The number of ether oxygens (including phenoxy) is 1. The molecule has 1 aliphatic heterocycles. The van der Waals surface area contributed by atoms with Crippen LogP contribution in [0.25, 0.3) is 10.9 Å². The molecule has 8 heteroatoms. The van der Waals surface area contributed by atoms with Crippen molar-refractivity contribution in [2.24, 2.45) is 0 Å². The number of carbonyl (C=O) groups is 1. The number of hydrogen-bond acceptors (Lipinski definition) is 5. The number of nitrogens with one attached hydrogen (secondary N) is 1. The maximum Gasteiger partial charge on any atom is 0.257 e. The quantitative estimate of drug-likeness (QED) is 0.580. The molecule has 0 saturated carbocycles. The lowest BCUT2D eigenvalue weighted by molar-refractivity contribution is 0.0949. The van der Waals surface area contributed by atoms with Gasteiger partial charge in [-0.15, -0.1) is 0 Å². The van der Waals surface area contributed by atoms with E-state index in [0.717, 1.165) is 18.4 Å². The number of halogens is 1. The summed E-state index contributed by atoms with van der Waals surface area (Å²) >= 11 is 0. The number of hydrogen-bond donors (Lipinski definition) is 1. The average Bonchev–Trinajstić information content (AvgIpc) is 2.87. The van der Waals surface area contributed by atoms with Crippen molar-refractivity contribution in [1.29, 1.82) is 5.26 Å². The zero-order chi connectivity index (χ0) is 24.1. The molecule has 1 fully saturated rings. The Morgan fingerprint density at radius 3 is 2.62 bits per heavy atom. The number of aromatic nitrogens is 1. The molecular weight excluding hydrogens is 435 g/mol. The first-order chi connectivity index (χ1) is 16.5. The van der Waals surface area contributed by atoms with E-state index in [-0.39, 0.29) is 17.5 Å². The van der Waals surface area contributed by atoms with Gasteiger partial charge in [0.05, 0.1) is 35.7 Å². The summed E-state index contributed by atoms with van der Waals surface area (Å²) in [5.41, 5.74) is 1.80. The third kappa shape index (κ3) is 4.95. The normalized spacial score (nSPS) is 13.6. The summed E-state index contributed by atoms with van der Waals surface area (Å²) < 4.78 is 22.5. The van der Waals surface area contributed by atoms with E-state index in [0.29, 0.717) is 49.6 Å². The number of unbranched alkanes of at least 4 members (excludes halogenated alkanes) is 1. The summed E-state index contributed by atoms with van der Waals surface area (Å²) in [4.78, 5) is 28.2. The van der Waals surface area contributed by atoms with E-state index in [9.17, 15) is 9.59 Å². The number of fused-ring (bicyclic) bond motifs is 1. The molecule has 1 aromatic heterocycles. The second-order valence-electron chi connectivity index (χ2n) is 8.33. The first-order valence-electron chi connectivity index (χ1n) is 11.5. The number of nitrogens with zero attached hydrogens (tertiary/aromatic N) is 3. The number of nitriles is 1. The minimum absolute atomic E-state index is 0.0702. The number of carbonyl (C=O) groups excluding carboxylic acids is 1. The second-order valence-corrected chi connectivity index (χ2v) is 8.33. The third-order valence-corrected chi connectivity index (χ3v) is 6.03. The Hall–Kier alpha value is -3.70. The Balaban J connectivity index is 1.69. The minimum Gasteiger partial charge on any atom is -0.378 e. The van der Waals surface area contributed by atoms with Crippen molar-refractivity contribution in [3.63, 3.8) is 0 Å². The topological polar surface area (TPSA) is 87.4 Å². The lowest BCUT2D eigenvalue weighted by Crippen LogP contribution is -2.36. The van der Waals surface area contributed by atoms with Crippen LogP contribution in [0.4, 0.5) is 10.1 Å². The highest BCUT2D eigenvalue weighted by molar-refractivity contribution is 5.98. The smallest absolute Gasteiger partial charge is 0.257 e. The lowest BCUT2D eigenvalue weighted by atomic mass is 10.1. The van der Waals surface area contributed by atoms with Crippen LogP contribution in [0.1, 0.15) is 41.3 Å². The van der Waals surface area contributed by atoms with Crippen molar-refractivity contribution in [3.8, 4) is 6.07 Å². The molecule has 1 N–H and O–H groups in total. The van der Waals surface area contributed by atoms with Crippen molar-refractivity contribution in [2.75, 3.05) is 31.2 Å². The molecule has 1 saturated heterocycles. The number of rotatable bonds is 7. The molecule has 1 aliphatic rings. The largest absolute Gasteiger partial charge is 0.378 e. The van der Waals surface area contributed by atoms with Gasteiger partial charge in [0.2, 0.25) is 5.43 Å². The number of morpholine rings is 1. The van der Waals surface area contributed by atoms with Crippen LogP contribution in [0.2, 0.25) is 0 Å². The van der Waals surface area contributed by atoms with Crippen LogP contribution in [0.5, 0.6) is 0 Å². The van der Waals surface area contributed by atoms with Crippen molar-refractivity contribution in [3.05, 3.63) is 75.3 Å². The molecule has 0 radical (unpaired) electrons. The highest BCUT2D eigenvalue weighted by atomic mass is 19.1. The molecule has 0 bridgehead atoms. The van der Waals surface area contributed by atoms with Gasteiger partial charge in [-0.25, -0.2) is 4.39 Å². The third-order valence-electron chi connectivity index (χ3n) is 6.03. The van der Waals surface area contributed by atoms with Gasteiger partial charge in [-0.2, -0.15) is 5.26 Å². The second kappa shape index (κ2) is 10.5. The van der Waals surface area contributed by atoms with Crippen LogP contribution in [0, 0.1) is 17.1 Å². The average molecular weight is 463 g/mol. The maximum absolute atomic E-state index is 15.3. The van der Waals surface area contributed by atoms with E-state index < -0.39 is 17.2 Å². The van der Waals surface area contributed by atoms with E-state index >= 15 is 4.39 Å². The van der Waals surface area contributed by atoms with E-state index in [1.807, 2.05) is 21.6 Å². The molecule has 0 spiro atoms. The summed E-state index contributed by atoms with van der Waals surface area (Å²) in [6.45, 7) is 5.25. The standard InChI is InChI=1S/C26H27FN4O3/c1-2-3-8-31-17-21(26(33)29-16-19-6-4-18(15-28)5-7-19)25(32)24-22(27)13-20(14-23(24)31)30-9-11-34-12-10-30/h4-7,13-14,17H,2-3,8-12,16H2,1H3,(H,29,33). The fourth-order valence-corrected chi connectivity index (χ4v) is 4.10. The monoisotopic (exact) mass is 462 g/mol. The van der Waals surface area contributed by atoms with Gasteiger partial charge in [-0.1, -0.05) is 25.5 Å². The summed E-state index contributed by atoms with van der Waals surface area (Å²) in [7, 11) is 0. The van der Waals surface area contributed by atoms with Crippen molar-refractivity contribution in [2.45, 2.75) is 32.9 Å². The summed E-state index contributed by atoms with van der Waals surface area (Å²) in [5, 5.41) is 11.6. The van der Waals surface area contributed by atoms with Crippen molar-refractivity contribution in [1.82, 2.24) is 9.88 Å². The van der Waals surface area contributed by atoms with Gasteiger partial charge in [-0.05, 0) is 36.2 Å². The van der Waals surface area contributed by atoms with Gasteiger partial charge >= 0.3 is 0 Å². The van der Waals surface area contributed by atoms with Crippen LogP contribution in [-0.4, -0.2) is 36.8 Å². The molecular formula is C26H27FN4O3. The SMILES string of the molecule is CCCCn1cc(C(=O)NCc2ccc(C#N)cc2)c(=O)c2c(F)cc(N3CCOCC3)cc21. The molecule has 0 unspecified atom stereocenters. The fourth-order valence-electron chi connectivity index (χ4n) is 4.10. The molecule has 0 aliphatic carbocycles. The first kappa shape index (κ1) is 23.5. The molecule has 2 aromatic carbocycles. The molecule has 4 rings (SSSR count). The molecule has 1 amide bonds. The highest BCUT2D eigenvalue weighted by Crippen LogP contribution is 2.25. The van der Waals surface area contributed by atoms with E-state index in [4.69, 9.17) is 10.00 Å². The minimum atomic E-state index is -0.629. The summed E-state index contributed by atoms with van der Waals surface area (Å²) in [6, 6.07) is 12.1. The lowest BCUT2D eigenvalue weighted by Gasteiger charge is -2.29. The molecule has 176 valence electrons. The Labute approximate surface area is 197 Å². The van der Waals surface area contributed by atoms with Gasteiger partial charge in [0.15, 0.2) is 0 Å². The predicted octanol–water partition coefficient (Wildman–Crippen LogP) is 3.58. The molecule has 3 aromatic rings. The fraction of sp³-hybridized carbons (Fsp3) is 0.346. The van der Waals surface area contributed by atoms with Crippen molar-refractivity contribution < 1.29 is 13.9 Å². The Morgan fingerprint density at radius 1 is 1.21 bits per heavy atom. The predicted molar refractivity (Wildman–Crippen MR) is 128 cm³/mol. The van der Waals surface area contributed by atoms with E-state index in [1.165, 1.54) is 12.3 Å². The number of pyridine rings is 1. The van der Waals surface area contributed by atoms with E-state index in [2.05, 4.69) is 12.2 Å². The Morgan fingerprint density at radius 2 is 1.94 bits per heavy atom. The number of amides is 1. The number of aryl methyl sites for hydroxylation is 1. The Kier molecular flexibility index (Phi) is 7.24. The molecule has 34 heavy (non-hydrogen) atoms. The molecule has 0 atom stereocenters. The number of benzene rings is 2. The zero-order valence-corrected chi connectivity index (χ0v) is 19.1. The molecule has 2 heterocycles. The zero-order valence-electron chi connectivity index (χ0n) is 19.1. The van der Waals surface area contributed by atoms with Gasteiger partial charge in [0.25, 0.3) is 5.91 Å². The van der Waals surface area contributed by atoms with Crippen molar-refractivity contribution >= 4 is 22.5 Å². The van der Waals surface area contributed by atoms with Crippen LogP contribution in [-0.2, 0) is 17.8 Å². The molecule has 7 nitrogen and oxygen atoms in total. The van der Waals surface area contributed by atoms with Crippen LogP contribution >= 0.6 is 0 Å². The Bertz CT molecular complexity index is 1290. The van der Waals surface area contributed by atoms with Gasteiger partial charge in [-0.3, -0.25) is 9.59 Å². The summed E-state index contributed by atoms with van der Waals surface area (Å²) in [6.07, 6.45) is 3.28. The van der Waals surface area contributed by atoms with Gasteiger partial charge in [0, 0.05) is 38.1 Å². The summed E-state index contributed by atoms with van der Waals surface area (Å²) in [5.74, 6) is -1.19. The number of anilines is 1. The first-order valence-corrected chi connectivity index (χ1v) is 11.5. The highest BCUT2D eigenvalue weighted by Gasteiger charge is 2.21. The van der Waals surface area contributed by atoms with Gasteiger partial charge in [0.1, 0.15) is 11.4 Å². The van der Waals surface area contributed by atoms with Crippen LogP contribution in [0.15, 0.2) is 47.4 Å². The maximum atomic E-state index is 15.3. The van der Waals surface area contributed by atoms with Crippen LogP contribution in [0.3, 0.4) is 0 Å². The van der Waals surface area contributed by atoms with Gasteiger partial charge < -0.3 is 19.5 Å². The van der Waals surface area contributed by atoms with Crippen LogP contribution < -0.4 is 15.6 Å². The van der Waals surface area contributed by atoms with E-state index in [1.54, 1.807) is 24.3 Å².